The van der Waals surface area contributed by atoms with Crippen LogP contribution < -0.4 is 19.9 Å². The minimum atomic E-state index is -0.452. The van der Waals surface area contributed by atoms with Crippen LogP contribution >= 0.6 is 0 Å². The van der Waals surface area contributed by atoms with Crippen LogP contribution in [0.5, 0.6) is 17.2 Å². The molecule has 2 N–H and O–H groups in total. The average Bonchev–Trinajstić information content (AvgIpc) is 2.76. The van der Waals surface area contributed by atoms with E-state index < -0.39 is 5.97 Å². The first kappa shape index (κ1) is 21.2. The molecule has 0 aliphatic carbocycles. The van der Waals surface area contributed by atoms with Gasteiger partial charge in [-0.1, -0.05) is 12.1 Å². The summed E-state index contributed by atoms with van der Waals surface area (Å²) in [5.74, 6) is 1.75. The molecule has 1 heterocycles. The number of aromatic nitrogens is 1. The quantitative estimate of drug-likeness (QED) is 0.417. The van der Waals surface area contributed by atoms with Gasteiger partial charge in [0.2, 0.25) is 0 Å². The van der Waals surface area contributed by atoms with E-state index in [9.17, 15) is 4.79 Å². The summed E-state index contributed by atoms with van der Waals surface area (Å²) in [5, 5.41) is 0.977. The van der Waals surface area contributed by atoms with Gasteiger partial charge in [-0.05, 0) is 50.1 Å². The molecule has 7 nitrogen and oxygen atoms in total. The lowest BCUT2D eigenvalue weighted by Gasteiger charge is -2.17. The predicted octanol–water partition coefficient (Wildman–Crippen LogP) is 4.24. The number of nitrogen functional groups attached to an aromatic ring is 1. The first-order valence-electron chi connectivity index (χ1n) is 9.73. The molecule has 0 saturated heterocycles. The predicted molar refractivity (Wildman–Crippen MR) is 115 cm³/mol. The fourth-order valence-corrected chi connectivity index (χ4v) is 3.09. The Morgan fingerprint density at radius 3 is 2.70 bits per heavy atom. The Morgan fingerprint density at radius 1 is 1.10 bits per heavy atom. The van der Waals surface area contributed by atoms with E-state index in [1.807, 2.05) is 31.2 Å². The van der Waals surface area contributed by atoms with Crippen molar-refractivity contribution < 1.29 is 23.7 Å². The average molecular weight is 410 g/mol. The summed E-state index contributed by atoms with van der Waals surface area (Å²) in [6.45, 7) is 2.42. The van der Waals surface area contributed by atoms with Gasteiger partial charge in [-0.25, -0.2) is 9.78 Å². The summed E-state index contributed by atoms with van der Waals surface area (Å²) in [7, 11) is 2.90. The van der Waals surface area contributed by atoms with Crippen molar-refractivity contribution >= 4 is 22.7 Å². The maximum absolute atomic E-state index is 11.9. The monoisotopic (exact) mass is 410 g/mol. The van der Waals surface area contributed by atoms with Crippen LogP contribution in [-0.4, -0.2) is 37.9 Å². The van der Waals surface area contributed by atoms with Crippen molar-refractivity contribution in [1.29, 1.82) is 0 Å². The number of nitrogens with two attached hydrogens (primary N) is 1. The van der Waals surface area contributed by atoms with Gasteiger partial charge in [-0.15, -0.1) is 0 Å². The van der Waals surface area contributed by atoms with Gasteiger partial charge in [0, 0.05) is 11.5 Å². The molecule has 1 unspecified atom stereocenters. The maximum Gasteiger partial charge on any atom is 0.341 e. The zero-order valence-corrected chi connectivity index (χ0v) is 17.4. The minimum Gasteiger partial charge on any atom is -0.497 e. The van der Waals surface area contributed by atoms with Crippen LogP contribution in [0.4, 0.5) is 5.82 Å². The highest BCUT2D eigenvalue weighted by molar-refractivity contribution is 5.92. The molecule has 0 bridgehead atoms. The van der Waals surface area contributed by atoms with Crippen molar-refractivity contribution in [3.05, 3.63) is 54.1 Å². The van der Waals surface area contributed by atoms with Crippen LogP contribution in [0.2, 0.25) is 0 Å². The van der Waals surface area contributed by atoms with Crippen LogP contribution in [0.15, 0.2) is 48.5 Å². The van der Waals surface area contributed by atoms with Crippen LogP contribution in [0, 0.1) is 0 Å². The molecular weight excluding hydrogens is 384 g/mol. The Hall–Kier alpha value is -3.48. The third kappa shape index (κ3) is 5.11. The molecule has 0 saturated carbocycles. The van der Waals surface area contributed by atoms with Gasteiger partial charge in [0.25, 0.3) is 0 Å². The number of benzene rings is 2. The molecule has 3 rings (SSSR count). The lowest BCUT2D eigenvalue weighted by molar-refractivity contribution is 0.0595. The number of esters is 1. The normalized spacial score (nSPS) is 11.7. The smallest absolute Gasteiger partial charge is 0.341 e. The molecule has 0 spiro atoms. The molecule has 2 aromatic carbocycles. The van der Waals surface area contributed by atoms with E-state index in [0.717, 1.165) is 23.7 Å². The second-order valence-corrected chi connectivity index (χ2v) is 6.84. The van der Waals surface area contributed by atoms with Gasteiger partial charge >= 0.3 is 5.97 Å². The van der Waals surface area contributed by atoms with E-state index in [1.165, 1.54) is 7.11 Å². The number of rotatable bonds is 9. The number of carbonyl (C=O) groups is 1. The van der Waals surface area contributed by atoms with Crippen LogP contribution in [0.3, 0.4) is 0 Å². The Morgan fingerprint density at radius 2 is 1.93 bits per heavy atom. The summed E-state index contributed by atoms with van der Waals surface area (Å²) in [4.78, 5) is 16.3. The SMILES string of the molecule is COC(=O)c1ccc(OC)cc1OCCCC(C)Oc1cccc2ccc(N)nc12. The Balaban J connectivity index is 1.58. The topological polar surface area (TPSA) is 92.9 Å². The molecule has 0 radical (unpaired) electrons. The first-order valence-corrected chi connectivity index (χ1v) is 9.73. The van der Waals surface area contributed by atoms with Crippen molar-refractivity contribution in [2.45, 2.75) is 25.9 Å². The number of anilines is 1. The Labute approximate surface area is 175 Å². The van der Waals surface area contributed by atoms with E-state index in [0.29, 0.717) is 35.2 Å². The zero-order valence-electron chi connectivity index (χ0n) is 17.4. The third-order valence-electron chi connectivity index (χ3n) is 4.64. The zero-order chi connectivity index (χ0) is 21.5. The highest BCUT2D eigenvalue weighted by Crippen LogP contribution is 2.27. The lowest BCUT2D eigenvalue weighted by atomic mass is 10.2. The number of hydrogen-bond donors (Lipinski definition) is 1. The molecule has 7 heteroatoms. The largest absolute Gasteiger partial charge is 0.497 e. The first-order chi connectivity index (χ1) is 14.5. The standard InChI is InChI=1S/C23H26N2O5/c1-15(30-19-8-4-7-16-9-12-21(24)25-22(16)19)6-5-13-29-20-14-17(27-2)10-11-18(20)23(26)28-3/h4,7-12,14-15H,5-6,13H2,1-3H3,(H2,24,25). The molecule has 1 aromatic heterocycles. The summed E-state index contributed by atoms with van der Waals surface area (Å²) in [6.07, 6.45) is 1.45. The fraction of sp³-hybridized carbons (Fsp3) is 0.304. The summed E-state index contributed by atoms with van der Waals surface area (Å²) >= 11 is 0. The summed E-state index contributed by atoms with van der Waals surface area (Å²) < 4.78 is 21.9. The number of pyridine rings is 1. The van der Waals surface area contributed by atoms with Crippen LogP contribution in [0.1, 0.15) is 30.1 Å². The van der Waals surface area contributed by atoms with Crippen molar-refractivity contribution in [3.8, 4) is 17.2 Å². The molecule has 0 amide bonds. The Kier molecular flexibility index (Phi) is 6.95. The van der Waals surface area contributed by atoms with E-state index in [1.54, 1.807) is 31.4 Å². The van der Waals surface area contributed by atoms with Gasteiger partial charge in [-0.3, -0.25) is 0 Å². The molecule has 0 aliphatic heterocycles. The number of fused-ring (bicyclic) bond motifs is 1. The van der Waals surface area contributed by atoms with Crippen molar-refractivity contribution in [3.63, 3.8) is 0 Å². The number of para-hydroxylation sites is 1. The molecule has 158 valence electrons. The number of methoxy groups -OCH3 is 2. The number of hydrogen-bond acceptors (Lipinski definition) is 7. The molecule has 3 aromatic rings. The highest BCUT2D eigenvalue weighted by Gasteiger charge is 2.15. The second-order valence-electron chi connectivity index (χ2n) is 6.84. The van der Waals surface area contributed by atoms with Crippen molar-refractivity contribution in [1.82, 2.24) is 4.98 Å². The van der Waals surface area contributed by atoms with Gasteiger partial charge in [0.15, 0.2) is 0 Å². The van der Waals surface area contributed by atoms with Gasteiger partial charge in [-0.2, -0.15) is 0 Å². The Bertz CT molecular complexity index is 1020. The molecular formula is C23H26N2O5. The van der Waals surface area contributed by atoms with Crippen molar-refractivity contribution in [2.75, 3.05) is 26.6 Å². The van der Waals surface area contributed by atoms with Crippen LogP contribution in [-0.2, 0) is 4.74 Å². The minimum absolute atomic E-state index is 0.0483. The molecule has 0 aliphatic rings. The number of nitrogens with zero attached hydrogens (tertiary/aromatic N) is 1. The summed E-state index contributed by atoms with van der Waals surface area (Å²) in [5.41, 5.74) is 6.93. The van der Waals surface area contributed by atoms with E-state index >= 15 is 0 Å². The van der Waals surface area contributed by atoms with E-state index in [4.69, 9.17) is 24.7 Å². The molecule has 0 fully saturated rings. The maximum atomic E-state index is 11.9. The van der Waals surface area contributed by atoms with Crippen molar-refractivity contribution in [2.24, 2.45) is 0 Å². The second kappa shape index (κ2) is 9.82. The lowest BCUT2D eigenvalue weighted by Crippen LogP contribution is -2.14. The van der Waals surface area contributed by atoms with Crippen LogP contribution in [0.25, 0.3) is 10.9 Å². The number of ether oxygens (including phenoxy) is 4. The third-order valence-corrected chi connectivity index (χ3v) is 4.64. The van der Waals surface area contributed by atoms with E-state index in [2.05, 4.69) is 4.98 Å². The molecule has 30 heavy (non-hydrogen) atoms. The van der Waals surface area contributed by atoms with E-state index in [-0.39, 0.29) is 6.10 Å². The van der Waals surface area contributed by atoms with Gasteiger partial charge in [0.05, 0.1) is 26.9 Å². The summed E-state index contributed by atoms with van der Waals surface area (Å²) in [6, 6.07) is 14.5. The highest BCUT2D eigenvalue weighted by atomic mass is 16.5. The van der Waals surface area contributed by atoms with Gasteiger partial charge in [0.1, 0.15) is 34.1 Å². The fourth-order valence-electron chi connectivity index (χ4n) is 3.09. The molecule has 1 atom stereocenters. The van der Waals surface area contributed by atoms with Gasteiger partial charge < -0.3 is 24.7 Å². The number of carbonyl (C=O) groups excluding carboxylic acids is 1.